The molecule has 3 atom stereocenters. The molecule has 0 radical (unpaired) electrons. The molecule has 0 amide bonds. The van der Waals surface area contributed by atoms with Gasteiger partial charge in [0.2, 0.25) is 0 Å². The first-order valence-electron chi connectivity index (χ1n) is 4.07. The van der Waals surface area contributed by atoms with E-state index in [1.54, 1.807) is 7.11 Å². The van der Waals surface area contributed by atoms with Crippen molar-refractivity contribution in [3.63, 3.8) is 0 Å². The first kappa shape index (κ1) is 8.97. The van der Waals surface area contributed by atoms with Crippen LogP contribution in [0.1, 0.15) is 19.8 Å². The average Bonchev–Trinajstić information content (AvgIpc) is 2.50. The summed E-state index contributed by atoms with van der Waals surface area (Å²) >= 11 is 0. The summed E-state index contributed by atoms with van der Waals surface area (Å²) in [5.74, 6) is 0. The molecule has 0 aliphatic carbocycles. The SMILES string of the molecule is COC(C)C1CCC(CO)O1. The van der Waals surface area contributed by atoms with Crippen molar-refractivity contribution in [2.45, 2.75) is 38.1 Å². The molecule has 1 N–H and O–H groups in total. The fraction of sp³-hybridized carbons (Fsp3) is 1.00. The lowest BCUT2D eigenvalue weighted by molar-refractivity contribution is -0.0567. The van der Waals surface area contributed by atoms with Crippen LogP contribution in [0.3, 0.4) is 0 Å². The van der Waals surface area contributed by atoms with Gasteiger partial charge in [0, 0.05) is 7.11 Å². The second-order valence-corrected chi connectivity index (χ2v) is 3.00. The van der Waals surface area contributed by atoms with E-state index in [9.17, 15) is 0 Å². The van der Waals surface area contributed by atoms with Gasteiger partial charge in [-0.1, -0.05) is 0 Å². The molecule has 1 fully saturated rings. The highest BCUT2D eigenvalue weighted by Crippen LogP contribution is 2.22. The molecule has 0 aromatic heterocycles. The van der Waals surface area contributed by atoms with Crippen LogP contribution in [0.25, 0.3) is 0 Å². The Morgan fingerprint density at radius 2 is 2.36 bits per heavy atom. The molecule has 0 aromatic carbocycles. The molecular formula is C8H16O3. The minimum absolute atomic E-state index is 0.0394. The fourth-order valence-corrected chi connectivity index (χ4v) is 1.36. The van der Waals surface area contributed by atoms with Gasteiger partial charge in [0.05, 0.1) is 24.9 Å². The van der Waals surface area contributed by atoms with Crippen LogP contribution in [0.4, 0.5) is 0 Å². The highest BCUT2D eigenvalue weighted by atomic mass is 16.5. The molecule has 1 aliphatic heterocycles. The summed E-state index contributed by atoms with van der Waals surface area (Å²) in [6.07, 6.45) is 2.32. The van der Waals surface area contributed by atoms with E-state index in [-0.39, 0.29) is 24.9 Å². The third-order valence-electron chi connectivity index (χ3n) is 2.24. The van der Waals surface area contributed by atoms with Crippen molar-refractivity contribution in [3.05, 3.63) is 0 Å². The van der Waals surface area contributed by atoms with Gasteiger partial charge in [-0.3, -0.25) is 0 Å². The number of aliphatic hydroxyl groups excluding tert-OH is 1. The van der Waals surface area contributed by atoms with Gasteiger partial charge in [-0.2, -0.15) is 0 Å². The second kappa shape index (κ2) is 4.04. The molecule has 0 bridgehead atoms. The van der Waals surface area contributed by atoms with E-state index in [0.717, 1.165) is 12.8 Å². The predicted octanol–water partition coefficient (Wildman–Crippen LogP) is 0.561. The molecule has 0 spiro atoms. The Labute approximate surface area is 67.3 Å². The van der Waals surface area contributed by atoms with E-state index in [2.05, 4.69) is 0 Å². The maximum Gasteiger partial charge on any atom is 0.0839 e. The summed E-state index contributed by atoms with van der Waals surface area (Å²) in [4.78, 5) is 0. The zero-order chi connectivity index (χ0) is 8.27. The van der Waals surface area contributed by atoms with E-state index in [1.165, 1.54) is 0 Å². The number of hydrogen-bond acceptors (Lipinski definition) is 3. The Bertz CT molecular complexity index is 116. The molecule has 1 rings (SSSR count). The van der Waals surface area contributed by atoms with Crippen LogP contribution < -0.4 is 0 Å². The molecule has 66 valence electrons. The van der Waals surface area contributed by atoms with Gasteiger partial charge in [0.1, 0.15) is 0 Å². The largest absolute Gasteiger partial charge is 0.394 e. The van der Waals surface area contributed by atoms with Crippen molar-refractivity contribution in [1.29, 1.82) is 0 Å². The van der Waals surface area contributed by atoms with Crippen LogP contribution in [0.2, 0.25) is 0 Å². The minimum atomic E-state index is 0.0394. The standard InChI is InChI=1S/C8H16O3/c1-6(10-2)8-4-3-7(5-9)11-8/h6-9H,3-5H2,1-2H3. The molecule has 3 heteroatoms. The highest BCUT2D eigenvalue weighted by molar-refractivity contribution is 4.77. The summed E-state index contributed by atoms with van der Waals surface area (Å²) in [6.45, 7) is 2.12. The minimum Gasteiger partial charge on any atom is -0.394 e. The normalized spacial score (nSPS) is 34.1. The number of hydrogen-bond donors (Lipinski definition) is 1. The van der Waals surface area contributed by atoms with Crippen LogP contribution in [0.5, 0.6) is 0 Å². The van der Waals surface area contributed by atoms with Crippen LogP contribution in [0, 0.1) is 0 Å². The van der Waals surface area contributed by atoms with Crippen molar-refractivity contribution < 1.29 is 14.6 Å². The molecule has 1 aliphatic rings. The number of rotatable bonds is 3. The van der Waals surface area contributed by atoms with Gasteiger partial charge in [-0.05, 0) is 19.8 Å². The lowest BCUT2D eigenvalue weighted by Crippen LogP contribution is -2.26. The Morgan fingerprint density at radius 1 is 1.64 bits per heavy atom. The lowest BCUT2D eigenvalue weighted by atomic mass is 10.1. The maximum absolute atomic E-state index is 8.77. The first-order valence-corrected chi connectivity index (χ1v) is 4.07. The van der Waals surface area contributed by atoms with Crippen molar-refractivity contribution in [2.75, 3.05) is 13.7 Å². The Morgan fingerprint density at radius 3 is 2.82 bits per heavy atom. The summed E-state index contributed by atoms with van der Waals surface area (Å²) < 4.78 is 10.6. The van der Waals surface area contributed by atoms with Crippen LogP contribution in [0.15, 0.2) is 0 Å². The van der Waals surface area contributed by atoms with E-state index in [0.29, 0.717) is 0 Å². The monoisotopic (exact) mass is 160 g/mol. The van der Waals surface area contributed by atoms with Gasteiger partial charge in [0.25, 0.3) is 0 Å². The van der Waals surface area contributed by atoms with Crippen molar-refractivity contribution in [3.8, 4) is 0 Å². The fourth-order valence-electron chi connectivity index (χ4n) is 1.36. The average molecular weight is 160 g/mol. The summed E-state index contributed by atoms with van der Waals surface area (Å²) in [6, 6.07) is 0. The highest BCUT2D eigenvalue weighted by Gasteiger charge is 2.28. The Hall–Kier alpha value is -0.120. The van der Waals surface area contributed by atoms with Gasteiger partial charge in [0.15, 0.2) is 0 Å². The smallest absolute Gasteiger partial charge is 0.0839 e. The molecule has 0 aromatic rings. The van der Waals surface area contributed by atoms with Crippen molar-refractivity contribution >= 4 is 0 Å². The van der Waals surface area contributed by atoms with Crippen molar-refractivity contribution in [2.24, 2.45) is 0 Å². The first-order chi connectivity index (χ1) is 5.27. The molecule has 3 nitrogen and oxygen atoms in total. The van der Waals surface area contributed by atoms with Crippen molar-refractivity contribution in [1.82, 2.24) is 0 Å². The van der Waals surface area contributed by atoms with E-state index < -0.39 is 0 Å². The third kappa shape index (κ3) is 2.15. The lowest BCUT2D eigenvalue weighted by Gasteiger charge is -2.17. The Kier molecular flexibility index (Phi) is 3.30. The van der Waals surface area contributed by atoms with Crippen LogP contribution in [-0.4, -0.2) is 37.1 Å². The number of ether oxygens (including phenoxy) is 2. The molecular weight excluding hydrogens is 144 g/mol. The van der Waals surface area contributed by atoms with Crippen LogP contribution in [-0.2, 0) is 9.47 Å². The molecule has 1 saturated heterocycles. The quantitative estimate of drug-likeness (QED) is 0.655. The van der Waals surface area contributed by atoms with Crippen LogP contribution >= 0.6 is 0 Å². The molecule has 1 heterocycles. The second-order valence-electron chi connectivity index (χ2n) is 3.00. The third-order valence-corrected chi connectivity index (χ3v) is 2.24. The van der Waals surface area contributed by atoms with Gasteiger partial charge in [-0.25, -0.2) is 0 Å². The maximum atomic E-state index is 8.77. The predicted molar refractivity (Wildman–Crippen MR) is 41.5 cm³/mol. The number of aliphatic hydroxyl groups is 1. The zero-order valence-electron chi connectivity index (χ0n) is 7.12. The van der Waals surface area contributed by atoms with E-state index >= 15 is 0 Å². The van der Waals surface area contributed by atoms with E-state index in [4.69, 9.17) is 14.6 Å². The zero-order valence-corrected chi connectivity index (χ0v) is 7.12. The summed E-state index contributed by atoms with van der Waals surface area (Å²) in [5, 5.41) is 8.77. The number of methoxy groups -OCH3 is 1. The molecule has 3 unspecified atom stereocenters. The molecule has 11 heavy (non-hydrogen) atoms. The van der Waals surface area contributed by atoms with Gasteiger partial charge >= 0.3 is 0 Å². The van der Waals surface area contributed by atoms with Gasteiger partial charge < -0.3 is 14.6 Å². The Balaban J connectivity index is 2.29. The van der Waals surface area contributed by atoms with E-state index in [1.807, 2.05) is 6.92 Å². The molecule has 0 saturated carbocycles. The summed E-state index contributed by atoms with van der Waals surface area (Å²) in [7, 11) is 1.68. The van der Waals surface area contributed by atoms with Gasteiger partial charge in [-0.15, -0.1) is 0 Å². The summed E-state index contributed by atoms with van der Waals surface area (Å²) in [5.41, 5.74) is 0. The topological polar surface area (TPSA) is 38.7 Å².